The normalized spacial score (nSPS) is 11.4. The number of nitrogens with zero attached hydrogens (tertiary/aromatic N) is 5. The second-order valence-electron chi connectivity index (χ2n) is 5.33. The molecule has 0 amide bonds. The van der Waals surface area contributed by atoms with Gasteiger partial charge in [-0.25, -0.2) is 0 Å². The van der Waals surface area contributed by atoms with Crippen LogP contribution in [0.1, 0.15) is 12.5 Å². The number of hydrogen-bond donors (Lipinski definition) is 1. The summed E-state index contributed by atoms with van der Waals surface area (Å²) in [6.45, 7) is 2.56. The number of benzene rings is 2. The predicted octanol–water partition coefficient (Wildman–Crippen LogP) is 3.12. The molecular weight excluding hydrogens is 316 g/mol. The van der Waals surface area contributed by atoms with Crippen LogP contribution in [0.15, 0.2) is 60.0 Å². The van der Waals surface area contributed by atoms with E-state index < -0.39 is 0 Å². The molecule has 2 aromatic heterocycles. The molecule has 0 spiro atoms. The third kappa shape index (κ3) is 2.87. The minimum Gasteiger partial charge on any atom is -0.493 e. The summed E-state index contributed by atoms with van der Waals surface area (Å²) in [4.78, 5) is 0. The van der Waals surface area contributed by atoms with Gasteiger partial charge in [-0.15, -0.1) is 15.3 Å². The van der Waals surface area contributed by atoms with Crippen molar-refractivity contribution in [2.45, 2.75) is 6.92 Å². The second-order valence-corrected chi connectivity index (χ2v) is 5.33. The van der Waals surface area contributed by atoms with Crippen molar-refractivity contribution in [1.29, 1.82) is 0 Å². The third-order valence-corrected chi connectivity index (χ3v) is 3.75. The monoisotopic (exact) mass is 332 g/mol. The Labute approximate surface area is 144 Å². The molecule has 0 saturated carbocycles. The molecule has 2 aromatic carbocycles. The van der Waals surface area contributed by atoms with E-state index in [0.29, 0.717) is 18.1 Å². The van der Waals surface area contributed by atoms with Crippen LogP contribution >= 0.6 is 0 Å². The first kappa shape index (κ1) is 15.1. The van der Waals surface area contributed by atoms with Gasteiger partial charge in [0.1, 0.15) is 12.1 Å². The van der Waals surface area contributed by atoms with Gasteiger partial charge in [0.25, 0.3) is 0 Å². The van der Waals surface area contributed by atoms with Crippen molar-refractivity contribution < 1.29 is 4.74 Å². The summed E-state index contributed by atoms with van der Waals surface area (Å²) in [5.74, 6) is 1.43. The molecule has 0 atom stereocenters. The highest BCUT2D eigenvalue weighted by molar-refractivity contribution is 6.00. The molecule has 2 heterocycles. The Bertz CT molecular complexity index is 1060. The van der Waals surface area contributed by atoms with Crippen LogP contribution in [0.5, 0.6) is 5.75 Å². The Balaban J connectivity index is 1.69. The van der Waals surface area contributed by atoms with E-state index in [9.17, 15) is 0 Å². The van der Waals surface area contributed by atoms with Crippen LogP contribution < -0.4 is 10.2 Å². The molecular formula is C18H16N6O. The number of ether oxygens (including phenoxy) is 1. The number of anilines is 1. The zero-order valence-corrected chi connectivity index (χ0v) is 13.6. The van der Waals surface area contributed by atoms with Crippen LogP contribution in [0.4, 0.5) is 5.82 Å². The van der Waals surface area contributed by atoms with Crippen molar-refractivity contribution in [3.63, 3.8) is 0 Å². The first-order valence-electron chi connectivity index (χ1n) is 7.96. The molecule has 0 saturated heterocycles. The molecule has 0 aliphatic heterocycles. The quantitative estimate of drug-likeness (QED) is 0.449. The van der Waals surface area contributed by atoms with Crippen molar-refractivity contribution >= 4 is 28.5 Å². The van der Waals surface area contributed by atoms with Crippen LogP contribution in [-0.2, 0) is 0 Å². The van der Waals surface area contributed by atoms with Gasteiger partial charge in [0.05, 0.1) is 12.8 Å². The third-order valence-electron chi connectivity index (χ3n) is 3.75. The number of aromatic nitrogens is 4. The molecule has 7 nitrogen and oxygen atoms in total. The fourth-order valence-corrected chi connectivity index (χ4v) is 2.65. The molecule has 1 N–H and O–H groups in total. The van der Waals surface area contributed by atoms with Crippen LogP contribution in [0.2, 0.25) is 0 Å². The predicted molar refractivity (Wildman–Crippen MR) is 97.1 cm³/mol. The highest BCUT2D eigenvalue weighted by atomic mass is 16.5. The fourth-order valence-electron chi connectivity index (χ4n) is 2.65. The van der Waals surface area contributed by atoms with Crippen LogP contribution in [0, 0.1) is 0 Å². The highest BCUT2D eigenvalue weighted by Crippen LogP contribution is 2.24. The van der Waals surface area contributed by atoms with Crippen molar-refractivity contribution in [2.75, 3.05) is 12.0 Å². The van der Waals surface area contributed by atoms with Gasteiger partial charge in [-0.1, -0.05) is 36.4 Å². The number of rotatable bonds is 5. The highest BCUT2D eigenvalue weighted by Gasteiger charge is 2.09. The molecule has 0 bridgehead atoms. The summed E-state index contributed by atoms with van der Waals surface area (Å²) in [5, 5.41) is 18.7. The van der Waals surface area contributed by atoms with Gasteiger partial charge in [-0.3, -0.25) is 5.43 Å². The molecule has 0 unspecified atom stereocenters. The average Bonchev–Trinajstić information content (AvgIpc) is 3.12. The summed E-state index contributed by atoms with van der Waals surface area (Å²) in [5.41, 5.74) is 4.62. The van der Waals surface area contributed by atoms with E-state index in [4.69, 9.17) is 4.74 Å². The lowest BCUT2D eigenvalue weighted by atomic mass is 10.2. The van der Waals surface area contributed by atoms with E-state index in [1.54, 1.807) is 17.1 Å². The maximum Gasteiger partial charge on any atom is 0.185 e. The SMILES string of the molecule is CCOc1ccccc1/C=N/Nc1nn2cnnc2c2ccccc12. The Morgan fingerprint density at radius 1 is 1.12 bits per heavy atom. The molecule has 4 rings (SSSR count). The van der Waals surface area contributed by atoms with E-state index in [1.807, 2.05) is 55.5 Å². The standard InChI is InChI=1S/C18H16N6O/c1-2-25-16-10-6-3-7-13(16)11-19-21-17-14-8-4-5-9-15(14)18-22-20-12-24(18)23-17/h3-12H,2H2,1H3,(H,21,23)/b19-11+. The number of fused-ring (bicyclic) bond motifs is 3. The summed E-state index contributed by atoms with van der Waals surface area (Å²) in [6, 6.07) is 15.6. The molecule has 25 heavy (non-hydrogen) atoms. The maximum absolute atomic E-state index is 5.60. The van der Waals surface area contributed by atoms with E-state index in [0.717, 1.165) is 22.1 Å². The smallest absolute Gasteiger partial charge is 0.185 e. The number of hydrazone groups is 1. The summed E-state index contributed by atoms with van der Waals surface area (Å²) in [7, 11) is 0. The van der Waals surface area contributed by atoms with Crippen molar-refractivity contribution in [1.82, 2.24) is 19.8 Å². The Kier molecular flexibility index (Phi) is 3.96. The lowest BCUT2D eigenvalue weighted by Gasteiger charge is -2.07. The largest absolute Gasteiger partial charge is 0.493 e. The van der Waals surface area contributed by atoms with Gasteiger partial charge in [-0.2, -0.15) is 9.62 Å². The van der Waals surface area contributed by atoms with Crippen LogP contribution in [0.25, 0.3) is 16.4 Å². The maximum atomic E-state index is 5.60. The van der Waals surface area contributed by atoms with E-state index >= 15 is 0 Å². The van der Waals surface area contributed by atoms with Gasteiger partial charge < -0.3 is 4.74 Å². The lowest BCUT2D eigenvalue weighted by Crippen LogP contribution is -2.01. The summed E-state index contributed by atoms with van der Waals surface area (Å²) in [6.07, 6.45) is 3.29. The zero-order valence-electron chi connectivity index (χ0n) is 13.6. The number of para-hydroxylation sites is 1. The minimum absolute atomic E-state index is 0.606. The van der Waals surface area contributed by atoms with Crippen molar-refractivity contribution in [3.05, 3.63) is 60.4 Å². The van der Waals surface area contributed by atoms with Gasteiger partial charge in [0.15, 0.2) is 11.5 Å². The molecule has 4 aromatic rings. The lowest BCUT2D eigenvalue weighted by molar-refractivity contribution is 0.340. The van der Waals surface area contributed by atoms with Crippen LogP contribution in [0.3, 0.4) is 0 Å². The Morgan fingerprint density at radius 3 is 2.80 bits per heavy atom. The van der Waals surface area contributed by atoms with E-state index in [1.165, 1.54) is 0 Å². The average molecular weight is 332 g/mol. The molecule has 0 aliphatic carbocycles. The number of nitrogens with one attached hydrogen (secondary N) is 1. The molecule has 0 radical (unpaired) electrons. The van der Waals surface area contributed by atoms with Crippen molar-refractivity contribution in [3.8, 4) is 5.75 Å². The topological polar surface area (TPSA) is 76.7 Å². The van der Waals surface area contributed by atoms with Gasteiger partial charge in [0.2, 0.25) is 0 Å². The molecule has 7 heteroatoms. The van der Waals surface area contributed by atoms with Gasteiger partial charge >= 0.3 is 0 Å². The van der Waals surface area contributed by atoms with Gasteiger partial charge in [-0.05, 0) is 19.1 Å². The second kappa shape index (κ2) is 6.56. The minimum atomic E-state index is 0.606. The molecule has 124 valence electrons. The summed E-state index contributed by atoms with van der Waals surface area (Å²) < 4.78 is 7.24. The Morgan fingerprint density at radius 2 is 1.92 bits per heavy atom. The van der Waals surface area contributed by atoms with E-state index in [-0.39, 0.29) is 0 Å². The fraction of sp³-hybridized carbons (Fsp3) is 0.111. The van der Waals surface area contributed by atoms with E-state index in [2.05, 4.69) is 25.8 Å². The Hall–Kier alpha value is -3.48. The molecule has 0 aliphatic rings. The van der Waals surface area contributed by atoms with Gasteiger partial charge in [0, 0.05) is 16.3 Å². The number of hydrogen-bond acceptors (Lipinski definition) is 6. The van der Waals surface area contributed by atoms with Crippen LogP contribution in [-0.4, -0.2) is 32.6 Å². The zero-order chi connectivity index (χ0) is 17.1. The first-order chi connectivity index (χ1) is 12.4. The summed E-state index contributed by atoms with van der Waals surface area (Å²) >= 11 is 0. The van der Waals surface area contributed by atoms with Crippen molar-refractivity contribution in [2.24, 2.45) is 5.10 Å². The first-order valence-corrected chi connectivity index (χ1v) is 7.96. The molecule has 0 fully saturated rings.